The average Bonchev–Trinajstić information content (AvgIpc) is 3.94. The summed E-state index contributed by atoms with van der Waals surface area (Å²) in [4.78, 5) is 134. The van der Waals surface area contributed by atoms with Crippen molar-refractivity contribution in [3.05, 3.63) is 12.2 Å². The third-order valence-corrected chi connectivity index (χ3v) is 13.4. The van der Waals surface area contributed by atoms with Crippen LogP contribution in [0.5, 0.6) is 0 Å². The number of carboxylic acids is 5. The zero-order chi connectivity index (χ0) is 54.8. The van der Waals surface area contributed by atoms with Crippen LogP contribution < -0.4 is 13.3 Å². The first-order valence-electron chi connectivity index (χ1n) is 23.8. The fourth-order valence-corrected chi connectivity index (χ4v) is 9.91. The van der Waals surface area contributed by atoms with Crippen LogP contribution in [-0.4, -0.2) is 114 Å². The number of aliphatic hydroxyl groups is 1. The molecule has 19 nitrogen and oxygen atoms in total. The Balaban J connectivity index is 0. The van der Waals surface area contributed by atoms with Gasteiger partial charge in [0.1, 0.15) is 28.9 Å². The summed E-state index contributed by atoms with van der Waals surface area (Å²) in [5, 5.41) is 53.2. The van der Waals surface area contributed by atoms with E-state index in [1.165, 1.54) is 6.08 Å². The standard InChI is InChI=1S/C16H24O7.2C16H22O6.I3.I2.HI/c17-10(3-1-2-4-15(20)21)5-6-11-12(7-8-16(22)23)14(19)9-13(11)18;17-9-22-7-1-2-11-13-8-15(19)12(4-6-16(20)21)10(13)3-5-14(11)18;17-12(3-1-2-4-15(19)20)7-5-11-6-9-14(18)13(11)8-10-16(21)22;1-3-2;1-2;/h11-13,18H,1-9H2,(H,20,21)(H,22,23);9-13H,1-8H2,(H,20,21);6,9,11,13H,1-5,7-8,10H2,(H,19,20)(H,21,22);;;1H/q;;;-1;;. The maximum atomic E-state index is 12.2. The number of aliphatic carboxylic acids is 5. The molecule has 3 saturated carbocycles. The van der Waals surface area contributed by atoms with E-state index in [9.17, 15) is 62.6 Å². The van der Waals surface area contributed by atoms with Gasteiger partial charge < -0.3 is 35.4 Å². The van der Waals surface area contributed by atoms with Gasteiger partial charge in [0.15, 0.2) is 5.78 Å². The van der Waals surface area contributed by atoms with Crippen molar-refractivity contribution in [2.45, 2.75) is 160 Å². The van der Waals surface area contributed by atoms with Crippen LogP contribution in [0.25, 0.3) is 0 Å². The van der Waals surface area contributed by atoms with Crippen LogP contribution in [0.15, 0.2) is 12.2 Å². The molecule has 4 rings (SSSR count). The van der Waals surface area contributed by atoms with Crippen molar-refractivity contribution in [1.29, 1.82) is 0 Å². The molecule has 418 valence electrons. The number of allylic oxidation sites excluding steroid dienone is 2. The molecule has 0 bridgehead atoms. The molecule has 0 aromatic rings. The summed E-state index contributed by atoms with van der Waals surface area (Å²) in [6.45, 7) is 0.688. The summed E-state index contributed by atoms with van der Waals surface area (Å²) in [6.07, 6.45) is 10.3. The minimum absolute atomic E-state index is 0. The number of hydrogen-bond donors (Lipinski definition) is 6. The molecule has 0 aromatic heterocycles. The van der Waals surface area contributed by atoms with Gasteiger partial charge in [0, 0.05) is 138 Å². The third-order valence-electron chi connectivity index (χ3n) is 13.4. The summed E-state index contributed by atoms with van der Waals surface area (Å²) in [6, 6.07) is 0. The van der Waals surface area contributed by atoms with Gasteiger partial charge in [-0.15, -0.1) is 24.0 Å². The number of carboxylic acid groups (broad SMARTS) is 5. The van der Waals surface area contributed by atoms with Gasteiger partial charge in [-0.1, -0.05) is 6.08 Å². The predicted octanol–water partition coefficient (Wildman–Crippen LogP) is 6.40. The zero-order valence-electron chi connectivity index (χ0n) is 40.4. The number of unbranched alkanes of at least 4 members (excludes halogenated alkanes) is 2. The van der Waals surface area contributed by atoms with Crippen molar-refractivity contribution in [2.24, 2.45) is 47.3 Å². The van der Waals surface area contributed by atoms with Crippen LogP contribution in [0.2, 0.25) is 0 Å². The van der Waals surface area contributed by atoms with E-state index in [0.717, 1.165) is 0 Å². The Morgan fingerprint density at radius 2 is 1.00 bits per heavy atom. The molecule has 9 unspecified atom stereocenters. The van der Waals surface area contributed by atoms with Gasteiger partial charge in [0.25, 0.3) is 6.47 Å². The first-order valence-corrected chi connectivity index (χ1v) is 42.7. The Hall–Kier alpha value is -1.08. The van der Waals surface area contributed by atoms with Crippen LogP contribution in [0, 0.1) is 47.3 Å². The van der Waals surface area contributed by atoms with E-state index in [-0.39, 0.29) is 151 Å². The number of aliphatic hydroxyl groups excluding tert-OH is 1. The molecule has 0 aliphatic heterocycles. The zero-order valence-corrected chi connectivity index (χ0v) is 53.5. The van der Waals surface area contributed by atoms with Crippen molar-refractivity contribution < 1.29 is 106 Å². The van der Waals surface area contributed by atoms with Crippen molar-refractivity contribution in [1.82, 2.24) is 0 Å². The van der Waals surface area contributed by atoms with Gasteiger partial charge in [-0.05, 0) is 107 Å². The fraction of sp³-hybridized carbons (Fsp3) is 0.708. The second-order valence-electron chi connectivity index (χ2n) is 18.1. The number of hydrogen-bond acceptors (Lipinski definition) is 14. The minimum Gasteiger partial charge on any atom is -0.481 e. The second kappa shape index (κ2) is 43.9. The number of fused-ring (bicyclic) bond motifs is 1. The van der Waals surface area contributed by atoms with Gasteiger partial charge in [-0.2, -0.15) is 0 Å². The quantitative estimate of drug-likeness (QED) is 0.0257. The Morgan fingerprint density at radius 1 is 0.562 bits per heavy atom. The van der Waals surface area contributed by atoms with E-state index < -0.39 is 41.9 Å². The SMILES string of the molecule is I.II.I[I-]I.O=C(O)CCCCC(=O)CCC1C(O)CC(=O)C1CCC(=O)O.O=C(O)CCCCC(=O)CCC1C=CC(=O)C1CCC(=O)O.O=COCCCC1C(=O)CCC2C(CCC(=O)O)C(=O)CC12. The van der Waals surface area contributed by atoms with Crippen molar-refractivity contribution in [3.63, 3.8) is 0 Å². The number of carbonyl (C=O) groups is 12. The number of carbonyl (C=O) groups excluding carboxylic acids is 7. The maximum Gasteiger partial charge on any atom is 0.303 e. The molecule has 25 heteroatoms. The molecule has 0 spiro atoms. The Bertz CT molecular complexity index is 1830. The summed E-state index contributed by atoms with van der Waals surface area (Å²) >= 11 is 9.54. The number of Topliss-reactive ketones (excluding diaryl/α,β-unsaturated/α-hetero) is 5. The minimum atomic E-state index is -0.979. The summed E-state index contributed by atoms with van der Waals surface area (Å²) in [5.74, 6) is -5.75. The summed E-state index contributed by atoms with van der Waals surface area (Å²) < 4.78 is 4.65. The van der Waals surface area contributed by atoms with Crippen LogP contribution in [0.1, 0.15) is 154 Å². The van der Waals surface area contributed by atoms with Gasteiger partial charge in [-0.25, -0.2) is 0 Å². The van der Waals surface area contributed by atoms with E-state index in [0.29, 0.717) is 129 Å². The smallest absolute Gasteiger partial charge is 0.303 e. The van der Waals surface area contributed by atoms with Gasteiger partial charge in [-0.3, -0.25) is 57.5 Å². The van der Waals surface area contributed by atoms with Crippen LogP contribution in [-0.2, 0) is 62.3 Å². The van der Waals surface area contributed by atoms with Crippen molar-refractivity contribution in [2.75, 3.05) is 6.61 Å². The number of halogens is 6. The van der Waals surface area contributed by atoms with Crippen molar-refractivity contribution >= 4 is 169 Å². The molecule has 0 radical (unpaired) electrons. The normalized spacial score (nSPS) is 23.3. The van der Waals surface area contributed by atoms with E-state index in [4.69, 9.17) is 25.5 Å². The molecule has 0 amide bonds. The number of rotatable bonds is 30. The third kappa shape index (κ3) is 32.4. The first-order chi connectivity index (χ1) is 34.2. The van der Waals surface area contributed by atoms with Gasteiger partial charge in [0.05, 0.1) is 12.7 Å². The van der Waals surface area contributed by atoms with Gasteiger partial charge in [0.2, 0.25) is 0 Å². The fourth-order valence-electron chi connectivity index (χ4n) is 9.91. The molecule has 0 heterocycles. The maximum absolute atomic E-state index is 12.2. The van der Waals surface area contributed by atoms with E-state index >= 15 is 0 Å². The molecule has 4 aliphatic carbocycles. The second-order valence-corrected chi connectivity index (χ2v) is 34.3. The van der Waals surface area contributed by atoms with E-state index in [2.05, 4.69) is 79.2 Å². The molecular formula is C48H69I6O19-. The molecule has 4 aliphatic rings. The summed E-state index contributed by atoms with van der Waals surface area (Å²) in [7, 11) is 0. The van der Waals surface area contributed by atoms with E-state index in [1.807, 2.05) is 0 Å². The largest absolute Gasteiger partial charge is 0.481 e. The topological polar surface area (TPSA) is 335 Å². The van der Waals surface area contributed by atoms with Crippen LogP contribution >= 0.6 is 98.4 Å². The Labute approximate surface area is 496 Å². The summed E-state index contributed by atoms with van der Waals surface area (Å²) in [5.41, 5.74) is 0. The van der Waals surface area contributed by atoms with Crippen LogP contribution in [0.3, 0.4) is 0 Å². The Morgan fingerprint density at radius 3 is 1.49 bits per heavy atom. The van der Waals surface area contributed by atoms with Gasteiger partial charge >= 0.3 is 80.3 Å². The molecular weight excluding hydrogens is 1640 g/mol. The molecule has 3 fully saturated rings. The first kappa shape index (κ1) is 74.0. The van der Waals surface area contributed by atoms with Crippen LogP contribution in [0.4, 0.5) is 0 Å². The molecule has 73 heavy (non-hydrogen) atoms. The molecule has 0 saturated heterocycles. The molecule has 0 aromatic carbocycles. The average molecular weight is 1710 g/mol. The molecule has 9 atom stereocenters. The predicted molar refractivity (Wildman–Crippen MR) is 306 cm³/mol. The number of ketones is 6. The Kier molecular flexibility index (Phi) is 44.4. The number of ether oxygens (including phenoxy) is 1. The molecule has 6 N–H and O–H groups in total. The van der Waals surface area contributed by atoms with Crippen molar-refractivity contribution in [3.8, 4) is 0 Å². The van der Waals surface area contributed by atoms with E-state index in [1.54, 1.807) is 6.08 Å². The monoisotopic (exact) mass is 1710 g/mol.